The molecular formula is C16H25NOS. The van der Waals surface area contributed by atoms with Crippen LogP contribution in [0.25, 0.3) is 0 Å². The number of methoxy groups -OCH3 is 1. The van der Waals surface area contributed by atoms with E-state index in [1.165, 1.54) is 24.2 Å². The van der Waals surface area contributed by atoms with E-state index in [9.17, 15) is 0 Å². The molecule has 0 aliphatic heterocycles. The second-order valence-electron chi connectivity index (χ2n) is 5.98. The lowest BCUT2D eigenvalue weighted by Gasteiger charge is -2.43. The van der Waals surface area contributed by atoms with Crippen LogP contribution < -0.4 is 10.1 Å². The second-order valence-corrected chi connectivity index (χ2v) is 7.29. The molecule has 1 N–H and O–H groups in total. The molecule has 1 fully saturated rings. The number of rotatable bonds is 4. The molecule has 2 nitrogen and oxygen atoms in total. The molecule has 3 heteroatoms. The highest BCUT2D eigenvalue weighted by atomic mass is 32.2. The Labute approximate surface area is 121 Å². The van der Waals surface area contributed by atoms with Gasteiger partial charge >= 0.3 is 0 Å². The zero-order valence-corrected chi connectivity index (χ0v) is 13.2. The zero-order chi connectivity index (χ0) is 13.9. The van der Waals surface area contributed by atoms with E-state index in [0.717, 1.165) is 5.75 Å². The van der Waals surface area contributed by atoms with E-state index >= 15 is 0 Å². The van der Waals surface area contributed by atoms with Crippen LogP contribution in [-0.2, 0) is 0 Å². The van der Waals surface area contributed by atoms with E-state index in [4.69, 9.17) is 4.74 Å². The third-order valence-electron chi connectivity index (χ3n) is 4.18. The Bertz CT molecular complexity index is 402. The highest BCUT2D eigenvalue weighted by molar-refractivity contribution is 8.00. The van der Waals surface area contributed by atoms with Crippen molar-refractivity contribution >= 4 is 11.8 Å². The van der Waals surface area contributed by atoms with Gasteiger partial charge in [-0.05, 0) is 49.6 Å². The molecule has 0 radical (unpaired) electrons. The third-order valence-corrected chi connectivity index (χ3v) is 5.54. The lowest BCUT2D eigenvalue weighted by molar-refractivity contribution is 0.182. The van der Waals surface area contributed by atoms with E-state index in [1.54, 1.807) is 7.11 Å². The summed E-state index contributed by atoms with van der Waals surface area (Å²) < 4.78 is 5.21. The fourth-order valence-corrected chi connectivity index (χ4v) is 4.68. The summed E-state index contributed by atoms with van der Waals surface area (Å²) >= 11 is 2.00. The molecule has 2 rings (SSSR count). The van der Waals surface area contributed by atoms with Crippen molar-refractivity contribution in [1.29, 1.82) is 0 Å². The van der Waals surface area contributed by atoms with Crippen LogP contribution in [-0.4, -0.2) is 25.4 Å². The standard InChI is InChI=1S/C16H25NOS/c1-16(2)11-5-6-14(15(16)17-3)19-13-9-7-12(18-4)8-10-13/h7-10,14-15,17H,5-6,11H2,1-4H3. The van der Waals surface area contributed by atoms with Gasteiger partial charge in [-0.15, -0.1) is 11.8 Å². The fraction of sp³-hybridized carbons (Fsp3) is 0.625. The van der Waals surface area contributed by atoms with Crippen molar-refractivity contribution in [2.24, 2.45) is 5.41 Å². The molecule has 1 saturated carbocycles. The Morgan fingerprint density at radius 2 is 1.95 bits per heavy atom. The van der Waals surface area contributed by atoms with Crippen molar-refractivity contribution in [1.82, 2.24) is 5.32 Å². The molecular weight excluding hydrogens is 254 g/mol. The normalized spacial score (nSPS) is 26.1. The van der Waals surface area contributed by atoms with Gasteiger partial charge in [0.1, 0.15) is 5.75 Å². The Kier molecular flexibility index (Phi) is 4.80. The molecule has 1 aliphatic carbocycles. The van der Waals surface area contributed by atoms with E-state index in [2.05, 4.69) is 38.3 Å². The van der Waals surface area contributed by atoms with E-state index in [0.29, 0.717) is 16.7 Å². The SMILES string of the molecule is CNC1C(Sc2ccc(OC)cc2)CCCC1(C)C. The van der Waals surface area contributed by atoms with Gasteiger partial charge in [-0.25, -0.2) is 0 Å². The molecule has 0 amide bonds. The Balaban J connectivity index is 2.07. The predicted molar refractivity (Wildman–Crippen MR) is 83.1 cm³/mol. The van der Waals surface area contributed by atoms with Crippen molar-refractivity contribution in [2.45, 2.75) is 49.3 Å². The first-order chi connectivity index (χ1) is 9.06. The first kappa shape index (κ1) is 14.7. The van der Waals surface area contributed by atoms with Crippen LogP contribution in [0.1, 0.15) is 33.1 Å². The van der Waals surface area contributed by atoms with Crippen LogP contribution in [0.2, 0.25) is 0 Å². The fourth-order valence-electron chi connectivity index (χ4n) is 3.12. The zero-order valence-electron chi connectivity index (χ0n) is 12.4. The van der Waals surface area contributed by atoms with Crippen LogP contribution in [0, 0.1) is 5.41 Å². The third kappa shape index (κ3) is 3.46. The van der Waals surface area contributed by atoms with Crippen LogP contribution in [0.3, 0.4) is 0 Å². The number of hydrogen-bond donors (Lipinski definition) is 1. The van der Waals surface area contributed by atoms with E-state index in [1.807, 2.05) is 23.9 Å². The van der Waals surface area contributed by atoms with Gasteiger partial charge in [0, 0.05) is 16.2 Å². The smallest absolute Gasteiger partial charge is 0.118 e. The first-order valence-electron chi connectivity index (χ1n) is 7.05. The van der Waals surface area contributed by atoms with Crippen molar-refractivity contribution in [2.75, 3.05) is 14.2 Å². The molecule has 0 saturated heterocycles. The predicted octanol–water partition coefficient (Wildman–Crippen LogP) is 3.95. The average molecular weight is 279 g/mol. The highest BCUT2D eigenvalue weighted by Gasteiger charge is 2.38. The summed E-state index contributed by atoms with van der Waals surface area (Å²) in [5, 5.41) is 4.20. The van der Waals surface area contributed by atoms with Gasteiger partial charge in [0.15, 0.2) is 0 Å². The lowest BCUT2D eigenvalue weighted by atomic mass is 9.73. The summed E-state index contributed by atoms with van der Waals surface area (Å²) in [6, 6.07) is 9.00. The number of hydrogen-bond acceptors (Lipinski definition) is 3. The number of thioether (sulfide) groups is 1. The number of benzene rings is 1. The van der Waals surface area contributed by atoms with Crippen molar-refractivity contribution in [3.05, 3.63) is 24.3 Å². The minimum Gasteiger partial charge on any atom is -0.497 e. The van der Waals surface area contributed by atoms with Gasteiger partial charge in [-0.3, -0.25) is 0 Å². The molecule has 1 aliphatic rings. The Morgan fingerprint density at radius 3 is 2.53 bits per heavy atom. The lowest BCUT2D eigenvalue weighted by Crippen LogP contribution is -2.49. The van der Waals surface area contributed by atoms with Crippen molar-refractivity contribution in [3.8, 4) is 5.75 Å². The van der Waals surface area contributed by atoms with Crippen LogP contribution in [0.4, 0.5) is 0 Å². The van der Waals surface area contributed by atoms with Gasteiger partial charge < -0.3 is 10.1 Å². The maximum Gasteiger partial charge on any atom is 0.118 e. The van der Waals surface area contributed by atoms with Crippen molar-refractivity contribution in [3.63, 3.8) is 0 Å². The Hall–Kier alpha value is -0.670. The maximum atomic E-state index is 5.21. The summed E-state index contributed by atoms with van der Waals surface area (Å²) in [6.45, 7) is 4.77. The summed E-state index contributed by atoms with van der Waals surface area (Å²) in [6.07, 6.45) is 3.95. The molecule has 2 atom stereocenters. The average Bonchev–Trinajstić information content (AvgIpc) is 2.39. The van der Waals surface area contributed by atoms with E-state index < -0.39 is 0 Å². The molecule has 2 unspecified atom stereocenters. The van der Waals surface area contributed by atoms with Gasteiger partial charge in [-0.1, -0.05) is 20.3 Å². The summed E-state index contributed by atoms with van der Waals surface area (Å²) in [5.41, 5.74) is 0.386. The first-order valence-corrected chi connectivity index (χ1v) is 7.93. The summed E-state index contributed by atoms with van der Waals surface area (Å²) in [4.78, 5) is 1.34. The Morgan fingerprint density at radius 1 is 1.26 bits per heavy atom. The van der Waals surface area contributed by atoms with Crippen LogP contribution in [0.15, 0.2) is 29.2 Å². The van der Waals surface area contributed by atoms with Crippen LogP contribution >= 0.6 is 11.8 Å². The van der Waals surface area contributed by atoms with Gasteiger partial charge in [-0.2, -0.15) is 0 Å². The maximum absolute atomic E-state index is 5.21. The molecule has 1 aromatic rings. The molecule has 1 aromatic carbocycles. The molecule has 106 valence electrons. The minimum atomic E-state index is 0.386. The molecule has 0 spiro atoms. The molecule has 0 aromatic heterocycles. The summed E-state index contributed by atoms with van der Waals surface area (Å²) in [5.74, 6) is 0.929. The largest absolute Gasteiger partial charge is 0.497 e. The quantitative estimate of drug-likeness (QED) is 0.901. The second kappa shape index (κ2) is 6.19. The minimum absolute atomic E-state index is 0.386. The highest BCUT2D eigenvalue weighted by Crippen LogP contribution is 2.42. The van der Waals surface area contributed by atoms with Gasteiger partial charge in [0.05, 0.1) is 7.11 Å². The van der Waals surface area contributed by atoms with E-state index in [-0.39, 0.29) is 0 Å². The van der Waals surface area contributed by atoms with Crippen LogP contribution in [0.5, 0.6) is 5.75 Å². The topological polar surface area (TPSA) is 21.3 Å². The number of ether oxygens (including phenoxy) is 1. The number of nitrogens with one attached hydrogen (secondary N) is 1. The monoisotopic (exact) mass is 279 g/mol. The van der Waals surface area contributed by atoms with Gasteiger partial charge in [0.25, 0.3) is 0 Å². The van der Waals surface area contributed by atoms with Crippen molar-refractivity contribution < 1.29 is 4.74 Å². The van der Waals surface area contributed by atoms with Gasteiger partial charge in [0.2, 0.25) is 0 Å². The molecule has 0 bridgehead atoms. The summed E-state index contributed by atoms with van der Waals surface area (Å²) in [7, 11) is 3.81. The molecule has 0 heterocycles. The molecule has 19 heavy (non-hydrogen) atoms.